The van der Waals surface area contributed by atoms with Crippen LogP contribution >= 0.6 is 0 Å². The summed E-state index contributed by atoms with van der Waals surface area (Å²) in [5.41, 5.74) is 6.52. The molecule has 126 valence electrons. The predicted octanol–water partition coefficient (Wildman–Crippen LogP) is 3.33. The van der Waals surface area contributed by atoms with Crippen LogP contribution in [0.4, 0.5) is 4.39 Å². The van der Waals surface area contributed by atoms with Crippen molar-refractivity contribution in [1.29, 1.82) is 0 Å². The lowest BCUT2D eigenvalue weighted by Gasteiger charge is -2.44. The van der Waals surface area contributed by atoms with Gasteiger partial charge in [0, 0.05) is 12.0 Å². The highest BCUT2D eigenvalue weighted by Crippen LogP contribution is 2.42. The molecule has 2 fully saturated rings. The molecular weight excluding hydrogens is 291 g/mol. The van der Waals surface area contributed by atoms with E-state index < -0.39 is 5.54 Å². The fourth-order valence-electron chi connectivity index (χ4n) is 4.36. The summed E-state index contributed by atoms with van der Waals surface area (Å²) in [6.45, 7) is 3.85. The monoisotopic (exact) mass is 318 g/mol. The number of nitrogens with one attached hydrogen (secondary N) is 1. The Bertz CT molecular complexity index is 572. The molecule has 23 heavy (non-hydrogen) atoms. The number of carbonyl (C=O) groups excluding carboxylic acids is 1. The summed E-state index contributed by atoms with van der Waals surface area (Å²) in [6.07, 6.45) is 5.32. The quantitative estimate of drug-likeness (QED) is 0.898. The average molecular weight is 318 g/mol. The van der Waals surface area contributed by atoms with Gasteiger partial charge in [-0.2, -0.15) is 0 Å². The molecule has 2 bridgehead atoms. The molecule has 0 radical (unpaired) electrons. The zero-order chi connectivity index (χ0) is 16.6. The van der Waals surface area contributed by atoms with E-state index in [1.54, 1.807) is 6.07 Å². The van der Waals surface area contributed by atoms with Crippen LogP contribution < -0.4 is 11.1 Å². The molecule has 2 aliphatic rings. The standard InChI is InChI=1S/C19H27FN2O/c1-19(2,15-7-4-8-16(20)11-15)22-18(23)14-9-12-5-3-6-13(10-14)17(12)21/h4,7-8,11-14,17H,3,5-6,9-10,21H2,1-2H3,(H,22,23). The Kier molecular flexibility index (Phi) is 4.45. The summed E-state index contributed by atoms with van der Waals surface area (Å²) < 4.78 is 13.5. The third-order valence-corrected chi connectivity index (χ3v) is 5.77. The van der Waals surface area contributed by atoms with Gasteiger partial charge in [0.05, 0.1) is 5.54 Å². The van der Waals surface area contributed by atoms with Gasteiger partial charge in [-0.1, -0.05) is 18.6 Å². The van der Waals surface area contributed by atoms with Crippen LogP contribution in [0.25, 0.3) is 0 Å². The Morgan fingerprint density at radius 1 is 1.26 bits per heavy atom. The molecule has 0 heterocycles. The summed E-state index contributed by atoms with van der Waals surface area (Å²) in [6, 6.07) is 6.72. The molecule has 0 aromatic heterocycles. The molecule has 3 nitrogen and oxygen atoms in total. The summed E-state index contributed by atoms with van der Waals surface area (Å²) >= 11 is 0. The van der Waals surface area contributed by atoms with Crippen molar-refractivity contribution in [3.8, 4) is 0 Å². The van der Waals surface area contributed by atoms with Crippen LogP contribution in [0, 0.1) is 23.6 Å². The second kappa shape index (κ2) is 6.23. The normalized spacial score (nSPS) is 30.8. The molecule has 0 saturated heterocycles. The fraction of sp³-hybridized carbons (Fsp3) is 0.632. The first-order chi connectivity index (χ1) is 10.9. The number of benzene rings is 1. The van der Waals surface area contributed by atoms with E-state index in [-0.39, 0.29) is 23.7 Å². The molecule has 0 spiro atoms. The van der Waals surface area contributed by atoms with Crippen molar-refractivity contribution in [3.63, 3.8) is 0 Å². The molecule has 1 amide bonds. The van der Waals surface area contributed by atoms with Crippen molar-refractivity contribution in [2.45, 2.75) is 57.5 Å². The van der Waals surface area contributed by atoms with Gasteiger partial charge in [0.1, 0.15) is 5.82 Å². The first kappa shape index (κ1) is 16.4. The Hall–Kier alpha value is -1.42. The van der Waals surface area contributed by atoms with E-state index in [9.17, 15) is 9.18 Å². The highest BCUT2D eigenvalue weighted by molar-refractivity contribution is 5.79. The number of carbonyl (C=O) groups is 1. The van der Waals surface area contributed by atoms with Gasteiger partial charge >= 0.3 is 0 Å². The zero-order valence-electron chi connectivity index (χ0n) is 14.0. The molecule has 2 aliphatic carbocycles. The maximum atomic E-state index is 13.5. The van der Waals surface area contributed by atoms with Gasteiger partial charge in [-0.3, -0.25) is 4.79 Å². The molecule has 2 unspecified atom stereocenters. The number of rotatable bonds is 3. The average Bonchev–Trinajstić information content (AvgIpc) is 2.46. The van der Waals surface area contributed by atoms with Crippen LogP contribution in [0.3, 0.4) is 0 Å². The minimum Gasteiger partial charge on any atom is -0.347 e. The number of halogens is 1. The van der Waals surface area contributed by atoms with Crippen molar-refractivity contribution in [1.82, 2.24) is 5.32 Å². The maximum Gasteiger partial charge on any atom is 0.223 e. The lowest BCUT2D eigenvalue weighted by atomic mass is 9.65. The molecule has 4 heteroatoms. The first-order valence-corrected chi connectivity index (χ1v) is 8.70. The van der Waals surface area contributed by atoms with Gasteiger partial charge < -0.3 is 11.1 Å². The smallest absolute Gasteiger partial charge is 0.223 e. The van der Waals surface area contributed by atoms with Crippen molar-refractivity contribution in [2.24, 2.45) is 23.5 Å². The van der Waals surface area contributed by atoms with E-state index in [4.69, 9.17) is 5.73 Å². The van der Waals surface area contributed by atoms with Crippen LogP contribution in [-0.2, 0) is 10.3 Å². The second-order valence-electron chi connectivity index (χ2n) is 7.82. The number of amides is 1. The molecule has 3 rings (SSSR count). The number of fused-ring (bicyclic) bond motifs is 2. The number of hydrogen-bond acceptors (Lipinski definition) is 2. The molecule has 2 atom stereocenters. The summed E-state index contributed by atoms with van der Waals surface area (Å²) in [5, 5.41) is 3.13. The third kappa shape index (κ3) is 3.42. The molecule has 0 aliphatic heterocycles. The van der Waals surface area contributed by atoms with Crippen molar-refractivity contribution in [3.05, 3.63) is 35.6 Å². The molecule has 1 aromatic carbocycles. The highest BCUT2D eigenvalue weighted by atomic mass is 19.1. The maximum absolute atomic E-state index is 13.5. The lowest BCUT2D eigenvalue weighted by Crippen LogP contribution is -2.51. The van der Waals surface area contributed by atoms with Crippen molar-refractivity contribution >= 4 is 5.91 Å². The van der Waals surface area contributed by atoms with Crippen LogP contribution in [0.5, 0.6) is 0 Å². The molecule has 2 saturated carbocycles. The Balaban J connectivity index is 1.69. The molecule has 1 aromatic rings. The first-order valence-electron chi connectivity index (χ1n) is 8.70. The van der Waals surface area contributed by atoms with Crippen LogP contribution in [0.1, 0.15) is 51.5 Å². The summed E-state index contributed by atoms with van der Waals surface area (Å²) in [5.74, 6) is 0.815. The minimum atomic E-state index is -0.576. The van der Waals surface area contributed by atoms with Gasteiger partial charge in [-0.15, -0.1) is 0 Å². The van der Waals surface area contributed by atoms with E-state index in [0.717, 1.165) is 31.2 Å². The van der Waals surface area contributed by atoms with Crippen LogP contribution in [0.2, 0.25) is 0 Å². The van der Waals surface area contributed by atoms with Crippen molar-refractivity contribution in [2.75, 3.05) is 0 Å². The summed E-state index contributed by atoms with van der Waals surface area (Å²) in [4.78, 5) is 12.8. The Labute approximate surface area is 137 Å². The van der Waals surface area contributed by atoms with Gasteiger partial charge in [0.2, 0.25) is 5.91 Å². The Morgan fingerprint density at radius 2 is 1.91 bits per heavy atom. The second-order valence-corrected chi connectivity index (χ2v) is 7.82. The lowest BCUT2D eigenvalue weighted by molar-refractivity contribution is -0.129. The van der Waals surface area contributed by atoms with Crippen LogP contribution in [-0.4, -0.2) is 11.9 Å². The molecular formula is C19H27FN2O. The van der Waals surface area contributed by atoms with E-state index in [1.165, 1.54) is 18.6 Å². The minimum absolute atomic E-state index is 0.0398. The zero-order valence-corrected chi connectivity index (χ0v) is 14.0. The summed E-state index contributed by atoms with van der Waals surface area (Å²) in [7, 11) is 0. The van der Waals surface area contributed by atoms with Gasteiger partial charge in [-0.25, -0.2) is 4.39 Å². The largest absolute Gasteiger partial charge is 0.347 e. The van der Waals surface area contributed by atoms with Crippen molar-refractivity contribution < 1.29 is 9.18 Å². The van der Waals surface area contributed by atoms with Gasteiger partial charge in [0.15, 0.2) is 0 Å². The van der Waals surface area contributed by atoms with Crippen LogP contribution in [0.15, 0.2) is 24.3 Å². The van der Waals surface area contributed by atoms with Gasteiger partial charge in [-0.05, 0) is 69.1 Å². The molecule has 3 N–H and O–H groups in total. The predicted molar refractivity (Wildman–Crippen MR) is 89.1 cm³/mol. The number of hydrogen-bond donors (Lipinski definition) is 2. The third-order valence-electron chi connectivity index (χ3n) is 5.77. The Morgan fingerprint density at radius 3 is 2.52 bits per heavy atom. The fourth-order valence-corrected chi connectivity index (χ4v) is 4.36. The van der Waals surface area contributed by atoms with E-state index in [2.05, 4.69) is 5.32 Å². The number of nitrogens with two attached hydrogens (primary N) is 1. The van der Waals surface area contributed by atoms with E-state index >= 15 is 0 Å². The topological polar surface area (TPSA) is 55.1 Å². The highest BCUT2D eigenvalue weighted by Gasteiger charge is 2.41. The van der Waals surface area contributed by atoms with Gasteiger partial charge in [0.25, 0.3) is 0 Å². The van der Waals surface area contributed by atoms with E-state index in [0.29, 0.717) is 11.8 Å². The SMILES string of the molecule is CC(C)(NC(=O)C1CC2CCCC(C1)C2N)c1cccc(F)c1. The van der Waals surface area contributed by atoms with E-state index in [1.807, 2.05) is 19.9 Å².